The van der Waals surface area contributed by atoms with Crippen LogP contribution in [0.1, 0.15) is 0 Å². The fourth-order valence-electron chi connectivity index (χ4n) is 4.41. The molecule has 1 aromatic heterocycles. The van der Waals surface area contributed by atoms with Crippen LogP contribution in [0.15, 0.2) is 109 Å². The zero-order chi connectivity index (χ0) is 19.9. The number of hydrogen-bond donors (Lipinski definition) is 2. The van der Waals surface area contributed by atoms with Crippen LogP contribution in [0.2, 0.25) is 0 Å². The minimum atomic E-state index is 1.10. The summed E-state index contributed by atoms with van der Waals surface area (Å²) in [5, 5.41) is 8.68. The Labute approximate surface area is 174 Å². The number of H-pyrrole nitrogens is 1. The fourth-order valence-corrected chi connectivity index (χ4v) is 4.41. The minimum Gasteiger partial charge on any atom is -0.354 e. The first-order valence-corrected chi connectivity index (χ1v) is 10.2. The van der Waals surface area contributed by atoms with Crippen LogP contribution in [0.25, 0.3) is 43.7 Å². The number of aromatic nitrogens is 1. The number of nitrogens with one attached hydrogen (secondary N) is 2. The maximum Gasteiger partial charge on any atom is 0.0565 e. The molecule has 0 aliphatic heterocycles. The number of aromatic amines is 1. The number of anilines is 2. The highest BCUT2D eigenvalue weighted by Gasteiger charge is 2.12. The molecule has 0 spiro atoms. The van der Waals surface area contributed by atoms with Gasteiger partial charge >= 0.3 is 0 Å². The predicted molar refractivity (Wildman–Crippen MR) is 128 cm³/mol. The van der Waals surface area contributed by atoms with Gasteiger partial charge in [0, 0.05) is 38.6 Å². The van der Waals surface area contributed by atoms with Crippen molar-refractivity contribution in [3.8, 4) is 11.1 Å². The molecule has 0 amide bonds. The standard InChI is InChI=1S/C28H20N2/c1-2-9-19(10-3-1)21-12-4-6-14-24(21)29-26-16-8-11-20-17-18-23-22-13-5-7-15-25(22)30-28(23)27(20)26/h1-18,29-30H. The third-order valence-electron chi connectivity index (χ3n) is 5.80. The van der Waals surface area contributed by atoms with Crippen LogP contribution in [0.3, 0.4) is 0 Å². The number of hydrogen-bond acceptors (Lipinski definition) is 1. The van der Waals surface area contributed by atoms with E-state index >= 15 is 0 Å². The van der Waals surface area contributed by atoms with E-state index in [-0.39, 0.29) is 0 Å². The topological polar surface area (TPSA) is 27.8 Å². The van der Waals surface area contributed by atoms with Crippen molar-refractivity contribution in [1.29, 1.82) is 0 Å². The van der Waals surface area contributed by atoms with Gasteiger partial charge in [-0.25, -0.2) is 0 Å². The van der Waals surface area contributed by atoms with Gasteiger partial charge in [0.15, 0.2) is 0 Å². The molecule has 6 aromatic rings. The summed E-state index contributed by atoms with van der Waals surface area (Å²) in [6.45, 7) is 0. The van der Waals surface area contributed by atoms with Crippen molar-refractivity contribution < 1.29 is 0 Å². The maximum atomic E-state index is 3.73. The lowest BCUT2D eigenvalue weighted by Gasteiger charge is -2.15. The number of para-hydroxylation sites is 2. The van der Waals surface area contributed by atoms with Gasteiger partial charge in [0.1, 0.15) is 0 Å². The van der Waals surface area contributed by atoms with Gasteiger partial charge < -0.3 is 10.3 Å². The molecule has 2 N–H and O–H groups in total. The van der Waals surface area contributed by atoms with E-state index < -0.39 is 0 Å². The summed E-state index contributed by atoms with van der Waals surface area (Å²) >= 11 is 0. The SMILES string of the molecule is c1ccc(-c2ccccc2Nc2cccc3ccc4c5ccccc5[nH]c4c23)cc1. The third kappa shape index (κ3) is 2.66. The van der Waals surface area contributed by atoms with Gasteiger partial charge in [0.05, 0.1) is 5.52 Å². The second-order valence-corrected chi connectivity index (χ2v) is 7.60. The Morgan fingerprint density at radius 3 is 2.23 bits per heavy atom. The highest BCUT2D eigenvalue weighted by atomic mass is 14.9. The van der Waals surface area contributed by atoms with E-state index in [2.05, 4.69) is 119 Å². The maximum absolute atomic E-state index is 3.73. The van der Waals surface area contributed by atoms with Crippen LogP contribution in [-0.4, -0.2) is 4.98 Å². The molecule has 0 aliphatic carbocycles. The first-order chi connectivity index (χ1) is 14.9. The molecule has 0 saturated heterocycles. The van der Waals surface area contributed by atoms with Crippen LogP contribution in [0, 0.1) is 0 Å². The summed E-state index contributed by atoms with van der Waals surface area (Å²) in [4.78, 5) is 3.65. The normalized spacial score (nSPS) is 11.3. The van der Waals surface area contributed by atoms with Gasteiger partial charge in [-0.2, -0.15) is 0 Å². The molecule has 0 unspecified atom stereocenters. The van der Waals surface area contributed by atoms with Crippen LogP contribution in [-0.2, 0) is 0 Å². The Kier molecular flexibility index (Phi) is 3.82. The van der Waals surface area contributed by atoms with Crippen molar-refractivity contribution >= 4 is 44.0 Å². The van der Waals surface area contributed by atoms with Crippen molar-refractivity contribution in [2.75, 3.05) is 5.32 Å². The van der Waals surface area contributed by atoms with Crippen molar-refractivity contribution in [3.05, 3.63) is 109 Å². The Bertz CT molecular complexity index is 1510. The monoisotopic (exact) mass is 384 g/mol. The lowest BCUT2D eigenvalue weighted by Crippen LogP contribution is -1.94. The molecule has 0 atom stereocenters. The van der Waals surface area contributed by atoms with Gasteiger partial charge in [-0.15, -0.1) is 0 Å². The molecular weight excluding hydrogens is 364 g/mol. The van der Waals surface area contributed by atoms with Gasteiger partial charge in [-0.05, 0) is 29.1 Å². The average molecular weight is 384 g/mol. The molecule has 2 nitrogen and oxygen atoms in total. The Morgan fingerprint density at radius 1 is 0.533 bits per heavy atom. The summed E-state index contributed by atoms with van der Waals surface area (Å²) in [5.74, 6) is 0. The highest BCUT2D eigenvalue weighted by Crippen LogP contribution is 2.37. The van der Waals surface area contributed by atoms with E-state index in [0.717, 1.165) is 11.4 Å². The highest BCUT2D eigenvalue weighted by molar-refractivity contribution is 6.20. The second kappa shape index (κ2) is 6.78. The van der Waals surface area contributed by atoms with Gasteiger partial charge in [-0.1, -0.05) is 91.0 Å². The van der Waals surface area contributed by atoms with E-state index in [0.29, 0.717) is 0 Å². The summed E-state index contributed by atoms with van der Waals surface area (Å²) < 4.78 is 0. The second-order valence-electron chi connectivity index (χ2n) is 7.60. The van der Waals surface area contributed by atoms with Crippen LogP contribution in [0.5, 0.6) is 0 Å². The van der Waals surface area contributed by atoms with E-state index in [9.17, 15) is 0 Å². The molecule has 0 fully saturated rings. The zero-order valence-electron chi connectivity index (χ0n) is 16.4. The average Bonchev–Trinajstić information content (AvgIpc) is 3.19. The van der Waals surface area contributed by atoms with Crippen LogP contribution < -0.4 is 5.32 Å². The largest absolute Gasteiger partial charge is 0.354 e. The Balaban J connectivity index is 1.58. The van der Waals surface area contributed by atoms with Gasteiger partial charge in [-0.3, -0.25) is 0 Å². The van der Waals surface area contributed by atoms with Crippen molar-refractivity contribution in [2.24, 2.45) is 0 Å². The van der Waals surface area contributed by atoms with E-state index in [1.807, 2.05) is 0 Å². The summed E-state index contributed by atoms with van der Waals surface area (Å²) in [7, 11) is 0. The van der Waals surface area contributed by atoms with Gasteiger partial charge in [0.25, 0.3) is 0 Å². The molecule has 1 heterocycles. The Hall–Kier alpha value is -4.04. The molecule has 6 rings (SSSR count). The fraction of sp³-hybridized carbons (Fsp3) is 0. The van der Waals surface area contributed by atoms with Gasteiger partial charge in [0.2, 0.25) is 0 Å². The lowest BCUT2D eigenvalue weighted by atomic mass is 10.0. The molecule has 0 radical (unpaired) electrons. The lowest BCUT2D eigenvalue weighted by molar-refractivity contribution is 1.54. The Morgan fingerprint density at radius 2 is 1.30 bits per heavy atom. The molecule has 2 heteroatoms. The first-order valence-electron chi connectivity index (χ1n) is 10.2. The van der Waals surface area contributed by atoms with Crippen molar-refractivity contribution in [1.82, 2.24) is 4.98 Å². The molecule has 0 aliphatic rings. The first kappa shape index (κ1) is 16.9. The van der Waals surface area contributed by atoms with E-state index in [1.54, 1.807) is 0 Å². The molecular formula is C28H20N2. The molecule has 30 heavy (non-hydrogen) atoms. The minimum absolute atomic E-state index is 1.10. The predicted octanol–water partition coefficient (Wildman–Crippen LogP) is 7.88. The molecule has 0 saturated carbocycles. The molecule has 0 bridgehead atoms. The number of fused-ring (bicyclic) bond motifs is 5. The van der Waals surface area contributed by atoms with E-state index in [1.165, 1.54) is 43.7 Å². The molecule has 5 aromatic carbocycles. The zero-order valence-corrected chi connectivity index (χ0v) is 16.4. The number of rotatable bonds is 3. The van der Waals surface area contributed by atoms with Crippen molar-refractivity contribution in [3.63, 3.8) is 0 Å². The van der Waals surface area contributed by atoms with Crippen LogP contribution >= 0.6 is 0 Å². The summed E-state index contributed by atoms with van der Waals surface area (Å²) in [6.07, 6.45) is 0. The van der Waals surface area contributed by atoms with E-state index in [4.69, 9.17) is 0 Å². The summed E-state index contributed by atoms with van der Waals surface area (Å²) in [6, 6.07) is 38.4. The quantitative estimate of drug-likeness (QED) is 0.319. The molecule has 142 valence electrons. The summed E-state index contributed by atoms with van der Waals surface area (Å²) in [5.41, 5.74) is 6.95. The third-order valence-corrected chi connectivity index (χ3v) is 5.80. The van der Waals surface area contributed by atoms with Crippen molar-refractivity contribution in [2.45, 2.75) is 0 Å². The smallest absolute Gasteiger partial charge is 0.0565 e. The number of benzene rings is 5. The van der Waals surface area contributed by atoms with Crippen LogP contribution in [0.4, 0.5) is 11.4 Å².